The second-order valence-electron chi connectivity index (χ2n) is 12.1. The number of amides is 2. The van der Waals surface area contributed by atoms with E-state index in [9.17, 15) is 18.4 Å². The van der Waals surface area contributed by atoms with Crippen LogP contribution in [0.3, 0.4) is 0 Å². The molecule has 6 rings (SSSR count). The predicted octanol–water partition coefficient (Wildman–Crippen LogP) is 4.13. The van der Waals surface area contributed by atoms with E-state index in [-0.39, 0.29) is 61.7 Å². The van der Waals surface area contributed by atoms with E-state index in [4.69, 9.17) is 0 Å². The molecule has 1 N–H and O–H groups in total. The first-order valence-corrected chi connectivity index (χ1v) is 14.0. The van der Waals surface area contributed by atoms with Gasteiger partial charge in [0.2, 0.25) is 5.91 Å². The van der Waals surface area contributed by atoms with Gasteiger partial charge >= 0.3 is 0 Å². The second kappa shape index (κ2) is 12.8. The van der Waals surface area contributed by atoms with Crippen LogP contribution in [0.1, 0.15) is 53.6 Å². The SMILES string of the molecule is C[C@@H]1CN(CC(=O)N2CC(C)(C)c3nnc(Cc4ccc(F)cc4F)cc32)[C@@H](CN2Cc3ccccc3C2=O)CN1.Cl.Cl. The maximum atomic E-state index is 14.3. The summed E-state index contributed by atoms with van der Waals surface area (Å²) in [6.07, 6.45) is 0.137. The van der Waals surface area contributed by atoms with Crippen LogP contribution >= 0.6 is 24.8 Å². The highest BCUT2D eigenvalue weighted by atomic mass is 35.5. The van der Waals surface area contributed by atoms with Crippen molar-refractivity contribution in [3.05, 3.63) is 88.2 Å². The van der Waals surface area contributed by atoms with E-state index in [1.807, 2.05) is 43.0 Å². The lowest BCUT2D eigenvalue weighted by Gasteiger charge is -2.41. The summed E-state index contributed by atoms with van der Waals surface area (Å²) in [6.45, 7) is 9.26. The fourth-order valence-corrected chi connectivity index (χ4v) is 6.21. The molecule has 0 bridgehead atoms. The van der Waals surface area contributed by atoms with Crippen molar-refractivity contribution < 1.29 is 18.4 Å². The van der Waals surface area contributed by atoms with Gasteiger partial charge in [0.05, 0.1) is 23.6 Å². The van der Waals surface area contributed by atoms with Gasteiger partial charge in [-0.2, -0.15) is 10.2 Å². The van der Waals surface area contributed by atoms with Crippen LogP contribution in [-0.4, -0.2) is 76.6 Å². The highest BCUT2D eigenvalue weighted by Crippen LogP contribution is 2.39. The zero-order chi connectivity index (χ0) is 28.9. The van der Waals surface area contributed by atoms with Crippen molar-refractivity contribution >= 4 is 42.3 Å². The third-order valence-electron chi connectivity index (χ3n) is 8.39. The van der Waals surface area contributed by atoms with E-state index in [1.165, 1.54) is 12.1 Å². The molecule has 2 amide bonds. The monoisotopic (exact) mass is 632 g/mol. The summed E-state index contributed by atoms with van der Waals surface area (Å²) in [6, 6.07) is 13.2. The lowest BCUT2D eigenvalue weighted by atomic mass is 9.91. The number of nitrogens with one attached hydrogen (secondary N) is 1. The van der Waals surface area contributed by atoms with Gasteiger partial charge in [0.25, 0.3) is 5.91 Å². The highest BCUT2D eigenvalue weighted by molar-refractivity contribution is 5.98. The molecule has 3 aliphatic heterocycles. The fraction of sp³-hybridized carbons (Fsp3) is 0.419. The molecule has 0 spiro atoms. The molecular weight excluding hydrogens is 597 g/mol. The first-order valence-electron chi connectivity index (χ1n) is 14.0. The Labute approximate surface area is 262 Å². The molecule has 3 aromatic rings. The van der Waals surface area contributed by atoms with Crippen molar-refractivity contribution in [3.63, 3.8) is 0 Å². The normalized spacial score (nSPS) is 20.7. The van der Waals surface area contributed by atoms with Crippen LogP contribution < -0.4 is 10.2 Å². The number of nitrogens with zero attached hydrogens (tertiary/aromatic N) is 5. The average Bonchev–Trinajstić information content (AvgIpc) is 3.39. The zero-order valence-electron chi connectivity index (χ0n) is 24.3. The molecule has 8 nitrogen and oxygen atoms in total. The lowest BCUT2D eigenvalue weighted by Crippen LogP contribution is -2.60. The van der Waals surface area contributed by atoms with Crippen molar-refractivity contribution in [2.45, 2.75) is 51.2 Å². The lowest BCUT2D eigenvalue weighted by molar-refractivity contribution is -0.120. The van der Waals surface area contributed by atoms with Gasteiger partial charge in [-0.1, -0.05) is 38.1 Å². The van der Waals surface area contributed by atoms with Crippen LogP contribution in [0.5, 0.6) is 0 Å². The zero-order valence-corrected chi connectivity index (χ0v) is 26.0. The molecule has 2 aromatic carbocycles. The second-order valence-corrected chi connectivity index (χ2v) is 12.1. The Balaban J connectivity index is 0.00000212. The smallest absolute Gasteiger partial charge is 0.254 e. The Kier molecular flexibility index (Phi) is 9.76. The van der Waals surface area contributed by atoms with Crippen molar-refractivity contribution in [2.75, 3.05) is 37.6 Å². The highest BCUT2D eigenvalue weighted by Gasteiger charge is 2.42. The molecule has 0 unspecified atom stereocenters. The Bertz CT molecular complexity index is 1520. The molecule has 1 saturated heterocycles. The number of aromatic nitrogens is 2. The van der Waals surface area contributed by atoms with Crippen molar-refractivity contribution in [3.8, 4) is 0 Å². The van der Waals surface area contributed by atoms with E-state index in [0.717, 1.165) is 22.9 Å². The summed E-state index contributed by atoms with van der Waals surface area (Å²) in [4.78, 5) is 32.7. The number of hydrogen-bond donors (Lipinski definition) is 1. The molecular formula is C31H36Cl2F2N6O2. The molecule has 12 heteroatoms. The third kappa shape index (κ3) is 6.52. The Morgan fingerprint density at radius 1 is 1.09 bits per heavy atom. The Morgan fingerprint density at radius 2 is 1.86 bits per heavy atom. The molecule has 43 heavy (non-hydrogen) atoms. The molecule has 3 aliphatic rings. The third-order valence-corrected chi connectivity index (χ3v) is 8.39. The number of halogens is 4. The van der Waals surface area contributed by atoms with Crippen LogP contribution in [0.2, 0.25) is 0 Å². The van der Waals surface area contributed by atoms with E-state index in [1.54, 1.807) is 11.0 Å². The van der Waals surface area contributed by atoms with Crippen LogP contribution in [-0.2, 0) is 23.2 Å². The van der Waals surface area contributed by atoms with Crippen LogP contribution in [0.4, 0.5) is 14.5 Å². The summed E-state index contributed by atoms with van der Waals surface area (Å²) < 4.78 is 27.7. The quantitative estimate of drug-likeness (QED) is 0.440. The minimum Gasteiger partial charge on any atom is -0.333 e. The van der Waals surface area contributed by atoms with Gasteiger partial charge in [0.1, 0.15) is 11.6 Å². The average molecular weight is 634 g/mol. The van der Waals surface area contributed by atoms with Crippen LogP contribution in [0, 0.1) is 11.6 Å². The summed E-state index contributed by atoms with van der Waals surface area (Å²) >= 11 is 0. The molecule has 2 atom stereocenters. The minimum absolute atomic E-state index is 0. The van der Waals surface area contributed by atoms with Gasteiger partial charge in [0, 0.05) is 68.3 Å². The molecule has 0 radical (unpaired) electrons. The van der Waals surface area contributed by atoms with Crippen molar-refractivity contribution in [2.24, 2.45) is 0 Å². The van der Waals surface area contributed by atoms with Gasteiger partial charge < -0.3 is 15.1 Å². The number of carbonyl (C=O) groups excluding carboxylic acids is 2. The molecule has 0 aliphatic carbocycles. The van der Waals surface area contributed by atoms with Gasteiger partial charge in [-0.15, -0.1) is 24.8 Å². The molecule has 230 valence electrons. The van der Waals surface area contributed by atoms with Crippen molar-refractivity contribution in [1.29, 1.82) is 0 Å². The summed E-state index contributed by atoms with van der Waals surface area (Å²) in [5.41, 5.74) is 3.60. The van der Waals surface area contributed by atoms with E-state index in [0.29, 0.717) is 49.7 Å². The number of carbonyl (C=O) groups is 2. The van der Waals surface area contributed by atoms with Gasteiger partial charge in [0.15, 0.2) is 0 Å². The maximum absolute atomic E-state index is 14.3. The fourth-order valence-electron chi connectivity index (χ4n) is 6.21. The minimum atomic E-state index is -0.640. The summed E-state index contributed by atoms with van der Waals surface area (Å²) in [5.74, 6) is -1.30. The number of piperazine rings is 1. The maximum Gasteiger partial charge on any atom is 0.254 e. The van der Waals surface area contributed by atoms with Crippen LogP contribution in [0.15, 0.2) is 48.5 Å². The molecule has 1 aromatic heterocycles. The molecule has 0 saturated carbocycles. The molecule has 1 fully saturated rings. The number of anilines is 1. The van der Waals surface area contributed by atoms with E-state index >= 15 is 0 Å². The number of hydrogen-bond acceptors (Lipinski definition) is 6. The molecule has 4 heterocycles. The number of benzene rings is 2. The predicted molar refractivity (Wildman–Crippen MR) is 165 cm³/mol. The largest absolute Gasteiger partial charge is 0.333 e. The topological polar surface area (TPSA) is 81.7 Å². The summed E-state index contributed by atoms with van der Waals surface area (Å²) in [5, 5.41) is 12.3. The van der Waals surface area contributed by atoms with Gasteiger partial charge in [-0.05, 0) is 36.2 Å². The Morgan fingerprint density at radius 3 is 2.60 bits per heavy atom. The van der Waals surface area contributed by atoms with Crippen molar-refractivity contribution in [1.82, 2.24) is 25.3 Å². The first kappa shape index (κ1) is 32.7. The number of rotatable bonds is 6. The first-order chi connectivity index (χ1) is 19.6. The van der Waals surface area contributed by atoms with Gasteiger partial charge in [-0.3, -0.25) is 14.5 Å². The summed E-state index contributed by atoms with van der Waals surface area (Å²) in [7, 11) is 0. The standard InChI is InChI=1S/C31H34F2N6O2.2ClH/c1-19-14-37(24(13-34-19)16-38-15-21-6-4-5-7-25(21)30(38)41)17-28(40)39-18-31(2,3)29-27(39)12-23(35-36-29)10-20-8-9-22(32)11-26(20)33;;/h4-9,11-12,19,24,34H,10,13-18H2,1-3H3;2*1H/t19-,24-;;/m1../s1. The van der Waals surface area contributed by atoms with Gasteiger partial charge in [-0.25, -0.2) is 8.78 Å². The Hall–Kier alpha value is -3.18. The van der Waals surface area contributed by atoms with Crippen LogP contribution in [0.25, 0.3) is 0 Å². The van der Waals surface area contributed by atoms with E-state index in [2.05, 4.69) is 27.3 Å². The number of fused-ring (bicyclic) bond motifs is 2. The van der Waals surface area contributed by atoms with E-state index < -0.39 is 17.0 Å².